The fourth-order valence-corrected chi connectivity index (χ4v) is 0.258. The van der Waals surface area contributed by atoms with Gasteiger partial charge in [0, 0.05) is 0 Å². The topological polar surface area (TPSA) is 64.7 Å². The molecule has 0 unspecified atom stereocenters. The van der Waals surface area contributed by atoms with Crippen molar-refractivity contribution in [1.82, 2.24) is 15.2 Å². The molecule has 0 aliphatic heterocycles. The average molecular weight is 126 g/mol. The van der Waals surface area contributed by atoms with Gasteiger partial charge in [-0.3, -0.25) is 0 Å². The van der Waals surface area contributed by atoms with Crippen LogP contribution in [0.2, 0.25) is 0 Å². The molecule has 1 aromatic rings. The summed E-state index contributed by atoms with van der Waals surface area (Å²) in [5.41, 5.74) is 5.07. The van der Waals surface area contributed by atoms with Crippen LogP contribution in [-0.4, -0.2) is 15.2 Å². The third-order valence-corrected chi connectivity index (χ3v) is 0.500. The molecule has 0 fully saturated rings. The molecule has 0 radical (unpaired) electrons. The maximum Gasteiger partial charge on any atom is 0.240 e. The number of anilines is 1. The zero-order chi connectivity index (χ0) is 7.11. The lowest BCUT2D eigenvalue weighted by Crippen LogP contribution is -1.93. The van der Waals surface area contributed by atoms with E-state index < -0.39 is 0 Å². The Balaban J connectivity index is 0.000000291. The smallest absolute Gasteiger partial charge is 0.240 e. The Kier molecular flexibility index (Phi) is 4.30. The first kappa shape index (κ1) is 7.81. The molecular weight excluding hydrogens is 116 g/mol. The molecule has 0 saturated carbocycles. The van der Waals surface area contributed by atoms with Gasteiger partial charge in [-0.15, -0.1) is 5.10 Å². The highest BCUT2D eigenvalue weighted by Crippen LogP contribution is 1.77. The number of aromatic nitrogens is 3. The van der Waals surface area contributed by atoms with Crippen LogP contribution in [0, 0.1) is 0 Å². The van der Waals surface area contributed by atoms with Crippen LogP contribution in [0.25, 0.3) is 0 Å². The van der Waals surface area contributed by atoms with Gasteiger partial charge < -0.3 is 5.73 Å². The van der Waals surface area contributed by atoms with Gasteiger partial charge in [0.25, 0.3) is 0 Å². The predicted octanol–water partition coefficient (Wildman–Crippen LogP) is 0.480. The van der Waals surface area contributed by atoms with E-state index in [4.69, 9.17) is 5.73 Å². The molecule has 4 nitrogen and oxygen atoms in total. The fourth-order valence-electron chi connectivity index (χ4n) is 0.258. The van der Waals surface area contributed by atoms with Crippen LogP contribution in [-0.2, 0) is 0 Å². The van der Waals surface area contributed by atoms with Gasteiger partial charge in [-0.2, -0.15) is 5.10 Å². The molecule has 50 valence electrons. The van der Waals surface area contributed by atoms with E-state index in [0.29, 0.717) is 0 Å². The third kappa shape index (κ3) is 3.40. The number of nitrogens with two attached hydrogens (primary N) is 1. The van der Waals surface area contributed by atoms with E-state index >= 15 is 0 Å². The summed E-state index contributed by atoms with van der Waals surface area (Å²) in [6.45, 7) is 4.00. The van der Waals surface area contributed by atoms with E-state index in [1.54, 1.807) is 0 Å². The zero-order valence-electron chi connectivity index (χ0n) is 5.57. The minimum absolute atomic E-state index is 0.211. The lowest BCUT2D eigenvalue weighted by atomic mass is 10.9. The van der Waals surface area contributed by atoms with E-state index in [2.05, 4.69) is 15.2 Å². The van der Waals surface area contributed by atoms with E-state index in [-0.39, 0.29) is 5.95 Å². The maximum atomic E-state index is 5.07. The summed E-state index contributed by atoms with van der Waals surface area (Å²) >= 11 is 0. The number of rotatable bonds is 0. The molecule has 0 amide bonds. The standard InChI is InChI=1S/C3H4N4.C2H6/c4-3-5-1-2-6-7-3;1-2/h1-2H,(H2,4,5,7);1-2H3. The van der Waals surface area contributed by atoms with Gasteiger partial charge in [0.1, 0.15) is 0 Å². The predicted molar refractivity (Wildman–Crippen MR) is 35.6 cm³/mol. The Morgan fingerprint density at radius 1 is 1.33 bits per heavy atom. The molecule has 0 aromatic carbocycles. The number of hydrogen-bond donors (Lipinski definition) is 1. The van der Waals surface area contributed by atoms with Crippen LogP contribution in [0.3, 0.4) is 0 Å². The van der Waals surface area contributed by atoms with E-state index in [9.17, 15) is 0 Å². The summed E-state index contributed by atoms with van der Waals surface area (Å²) < 4.78 is 0. The van der Waals surface area contributed by atoms with E-state index in [0.717, 1.165) is 0 Å². The molecule has 0 atom stereocenters. The Labute approximate surface area is 54.1 Å². The van der Waals surface area contributed by atoms with Crippen LogP contribution >= 0.6 is 0 Å². The van der Waals surface area contributed by atoms with Gasteiger partial charge in [0.15, 0.2) is 0 Å². The minimum Gasteiger partial charge on any atom is -0.366 e. The van der Waals surface area contributed by atoms with Gasteiger partial charge in [0.2, 0.25) is 5.95 Å². The molecule has 0 bridgehead atoms. The normalized spacial score (nSPS) is 7.33. The summed E-state index contributed by atoms with van der Waals surface area (Å²) in [6, 6.07) is 0. The molecule has 1 aromatic heterocycles. The first-order chi connectivity index (χ1) is 4.39. The Hall–Kier alpha value is -1.19. The fraction of sp³-hybridized carbons (Fsp3) is 0.400. The van der Waals surface area contributed by atoms with Gasteiger partial charge in [-0.1, -0.05) is 13.8 Å². The van der Waals surface area contributed by atoms with E-state index in [1.165, 1.54) is 12.4 Å². The summed E-state index contributed by atoms with van der Waals surface area (Å²) in [5.74, 6) is 0.211. The molecule has 0 spiro atoms. The second-order valence-corrected chi connectivity index (χ2v) is 1.00. The van der Waals surface area contributed by atoms with Crippen molar-refractivity contribution in [2.24, 2.45) is 0 Å². The van der Waals surface area contributed by atoms with Crippen LogP contribution < -0.4 is 5.73 Å². The van der Waals surface area contributed by atoms with Crippen molar-refractivity contribution in [3.05, 3.63) is 12.4 Å². The highest BCUT2D eigenvalue weighted by atomic mass is 15.2. The molecule has 4 heteroatoms. The highest BCUT2D eigenvalue weighted by molar-refractivity contribution is 5.07. The maximum absolute atomic E-state index is 5.07. The van der Waals surface area contributed by atoms with Gasteiger partial charge in [-0.05, 0) is 0 Å². The Bertz CT molecular complexity index is 139. The Morgan fingerprint density at radius 3 is 2.22 bits per heavy atom. The molecule has 0 saturated heterocycles. The van der Waals surface area contributed by atoms with Crippen molar-refractivity contribution < 1.29 is 0 Å². The molecule has 1 rings (SSSR count). The summed E-state index contributed by atoms with van der Waals surface area (Å²) in [4.78, 5) is 3.58. The lowest BCUT2D eigenvalue weighted by molar-refractivity contribution is 0.986. The van der Waals surface area contributed by atoms with Gasteiger partial charge >= 0.3 is 0 Å². The van der Waals surface area contributed by atoms with Crippen molar-refractivity contribution in [3.8, 4) is 0 Å². The van der Waals surface area contributed by atoms with Crippen LogP contribution in [0.5, 0.6) is 0 Å². The largest absolute Gasteiger partial charge is 0.366 e. The lowest BCUT2D eigenvalue weighted by Gasteiger charge is -1.80. The number of nitrogen functional groups attached to an aromatic ring is 1. The van der Waals surface area contributed by atoms with Crippen LogP contribution in [0.4, 0.5) is 5.95 Å². The number of hydrogen-bond acceptors (Lipinski definition) is 4. The van der Waals surface area contributed by atoms with Gasteiger partial charge in [-0.25, -0.2) is 4.98 Å². The van der Waals surface area contributed by atoms with Crippen molar-refractivity contribution in [2.45, 2.75) is 13.8 Å². The van der Waals surface area contributed by atoms with Crippen LogP contribution in [0.15, 0.2) is 12.4 Å². The summed E-state index contributed by atoms with van der Waals surface area (Å²) in [6.07, 6.45) is 2.96. The molecule has 2 N–H and O–H groups in total. The Morgan fingerprint density at radius 2 is 2.00 bits per heavy atom. The van der Waals surface area contributed by atoms with Crippen molar-refractivity contribution in [2.75, 3.05) is 5.73 Å². The molecule has 9 heavy (non-hydrogen) atoms. The minimum atomic E-state index is 0.211. The molecule has 1 heterocycles. The second-order valence-electron chi connectivity index (χ2n) is 1.00. The van der Waals surface area contributed by atoms with Crippen molar-refractivity contribution in [3.63, 3.8) is 0 Å². The molecular formula is C5H10N4. The summed E-state index contributed by atoms with van der Waals surface area (Å²) in [7, 11) is 0. The zero-order valence-corrected chi connectivity index (χ0v) is 5.57. The van der Waals surface area contributed by atoms with E-state index in [1.807, 2.05) is 13.8 Å². The first-order valence-corrected chi connectivity index (χ1v) is 2.79. The third-order valence-electron chi connectivity index (χ3n) is 0.500. The quantitative estimate of drug-likeness (QED) is 0.549. The average Bonchev–Trinajstić information content (AvgIpc) is 1.94. The second kappa shape index (κ2) is 4.96. The number of nitrogens with zero attached hydrogens (tertiary/aromatic N) is 3. The first-order valence-electron chi connectivity index (χ1n) is 2.79. The summed E-state index contributed by atoms with van der Waals surface area (Å²) in [5, 5.41) is 6.84. The van der Waals surface area contributed by atoms with Gasteiger partial charge in [0.05, 0.1) is 12.4 Å². The van der Waals surface area contributed by atoms with Crippen molar-refractivity contribution >= 4 is 5.95 Å². The van der Waals surface area contributed by atoms with Crippen LogP contribution in [0.1, 0.15) is 13.8 Å². The molecule has 0 aliphatic rings. The molecule has 0 aliphatic carbocycles. The van der Waals surface area contributed by atoms with Crippen molar-refractivity contribution in [1.29, 1.82) is 0 Å². The highest BCUT2D eigenvalue weighted by Gasteiger charge is 1.76. The monoisotopic (exact) mass is 126 g/mol. The SMILES string of the molecule is CC.Nc1nccnn1.